The number of anilines is 2. The third-order valence-electron chi connectivity index (χ3n) is 4.26. The zero-order valence-electron chi connectivity index (χ0n) is 14.5. The molecule has 1 aliphatic rings. The summed E-state index contributed by atoms with van der Waals surface area (Å²) in [6.07, 6.45) is 0.901. The summed E-state index contributed by atoms with van der Waals surface area (Å²) < 4.78 is 0. The fraction of sp³-hybridized carbons (Fsp3) is 0.389. The van der Waals surface area contributed by atoms with Gasteiger partial charge in [-0.15, -0.1) is 11.3 Å². The molecule has 0 bridgehead atoms. The minimum absolute atomic E-state index is 0.0139. The summed E-state index contributed by atoms with van der Waals surface area (Å²) in [4.78, 5) is 32.5. The van der Waals surface area contributed by atoms with Crippen LogP contribution in [0.2, 0.25) is 0 Å². The molecule has 132 valence electrons. The van der Waals surface area contributed by atoms with Gasteiger partial charge in [0.2, 0.25) is 11.8 Å². The molecular formula is C18H22N4O2S. The maximum Gasteiger partial charge on any atom is 0.246 e. The van der Waals surface area contributed by atoms with E-state index in [4.69, 9.17) is 5.73 Å². The molecule has 6 nitrogen and oxygen atoms in total. The van der Waals surface area contributed by atoms with Gasteiger partial charge in [-0.3, -0.25) is 9.59 Å². The van der Waals surface area contributed by atoms with Gasteiger partial charge in [0, 0.05) is 30.6 Å². The van der Waals surface area contributed by atoms with Gasteiger partial charge in [-0.25, -0.2) is 4.98 Å². The van der Waals surface area contributed by atoms with Crippen molar-refractivity contribution >= 4 is 34.0 Å². The first-order valence-corrected chi connectivity index (χ1v) is 9.16. The van der Waals surface area contributed by atoms with Gasteiger partial charge >= 0.3 is 0 Å². The highest BCUT2D eigenvalue weighted by molar-refractivity contribution is 7.13. The number of nitrogens with two attached hydrogens (primary N) is 1. The van der Waals surface area contributed by atoms with Gasteiger partial charge < -0.3 is 15.5 Å². The van der Waals surface area contributed by atoms with Gasteiger partial charge in [0.1, 0.15) is 6.54 Å². The van der Waals surface area contributed by atoms with E-state index in [1.54, 1.807) is 9.80 Å². The van der Waals surface area contributed by atoms with Crippen molar-refractivity contribution in [3.8, 4) is 0 Å². The Morgan fingerprint density at radius 3 is 2.56 bits per heavy atom. The summed E-state index contributed by atoms with van der Waals surface area (Å²) >= 11 is 1.37. The average Bonchev–Trinajstić information content (AvgIpc) is 2.97. The zero-order chi connectivity index (χ0) is 18.0. The molecule has 3 rings (SSSR count). The predicted molar refractivity (Wildman–Crippen MR) is 99.7 cm³/mol. The first kappa shape index (κ1) is 17.4. The molecule has 0 atom stereocenters. The maximum atomic E-state index is 12.5. The van der Waals surface area contributed by atoms with Crippen molar-refractivity contribution in [2.24, 2.45) is 0 Å². The fourth-order valence-electron chi connectivity index (χ4n) is 3.10. The Morgan fingerprint density at radius 2 is 1.96 bits per heavy atom. The lowest BCUT2D eigenvalue weighted by molar-refractivity contribution is -0.136. The van der Waals surface area contributed by atoms with Gasteiger partial charge in [-0.1, -0.05) is 6.07 Å². The van der Waals surface area contributed by atoms with Crippen molar-refractivity contribution in [1.29, 1.82) is 0 Å². The van der Waals surface area contributed by atoms with E-state index in [0.29, 0.717) is 31.1 Å². The predicted octanol–water partition coefficient (Wildman–Crippen LogP) is 2.15. The van der Waals surface area contributed by atoms with E-state index in [-0.39, 0.29) is 18.4 Å². The van der Waals surface area contributed by atoms with Crippen LogP contribution in [0.4, 0.5) is 10.8 Å². The number of nitrogen functional groups attached to an aromatic ring is 1. The molecule has 2 aromatic rings. The standard InChI is InChI=1S/C18H22N4O2S/c1-12-7-13(2)9-15(8-12)22-6-5-21(10-17(22)24)16(23)4-3-14-11-25-18(19)20-14/h7-9,11H,3-6,10H2,1-2H3,(H2,19,20). The van der Waals surface area contributed by atoms with E-state index in [0.717, 1.165) is 22.5 Å². The number of carbonyl (C=O) groups is 2. The van der Waals surface area contributed by atoms with Crippen molar-refractivity contribution in [2.45, 2.75) is 26.7 Å². The summed E-state index contributed by atoms with van der Waals surface area (Å²) in [6.45, 7) is 5.25. The lowest BCUT2D eigenvalue weighted by atomic mass is 10.1. The zero-order valence-corrected chi connectivity index (χ0v) is 15.3. The third kappa shape index (κ3) is 4.17. The Kier molecular flexibility index (Phi) is 5.03. The summed E-state index contributed by atoms with van der Waals surface area (Å²) in [7, 11) is 0. The van der Waals surface area contributed by atoms with Crippen molar-refractivity contribution in [3.63, 3.8) is 0 Å². The monoisotopic (exact) mass is 358 g/mol. The summed E-state index contributed by atoms with van der Waals surface area (Å²) in [5.74, 6) is -0.0532. The van der Waals surface area contributed by atoms with Gasteiger partial charge in [0.15, 0.2) is 5.13 Å². The third-order valence-corrected chi connectivity index (χ3v) is 4.98. The number of aromatic nitrogens is 1. The Bertz CT molecular complexity index is 782. The molecule has 1 fully saturated rings. The van der Waals surface area contributed by atoms with Gasteiger partial charge in [0.25, 0.3) is 0 Å². The maximum absolute atomic E-state index is 12.5. The quantitative estimate of drug-likeness (QED) is 0.908. The topological polar surface area (TPSA) is 79.5 Å². The highest BCUT2D eigenvalue weighted by Crippen LogP contribution is 2.21. The second-order valence-electron chi connectivity index (χ2n) is 6.38. The molecule has 1 aromatic heterocycles. The molecule has 0 aliphatic carbocycles. The molecule has 1 saturated heterocycles. The molecule has 0 unspecified atom stereocenters. The van der Waals surface area contributed by atoms with E-state index < -0.39 is 0 Å². The largest absolute Gasteiger partial charge is 0.375 e. The number of benzene rings is 1. The number of hydrogen-bond donors (Lipinski definition) is 1. The second kappa shape index (κ2) is 7.23. The van der Waals surface area contributed by atoms with Crippen LogP contribution >= 0.6 is 11.3 Å². The number of rotatable bonds is 4. The van der Waals surface area contributed by atoms with Gasteiger partial charge in [-0.2, -0.15) is 0 Å². The van der Waals surface area contributed by atoms with Crippen molar-refractivity contribution in [2.75, 3.05) is 30.3 Å². The van der Waals surface area contributed by atoms with Crippen LogP contribution in [-0.4, -0.2) is 41.3 Å². The Hall–Kier alpha value is -2.41. The molecule has 2 heterocycles. The van der Waals surface area contributed by atoms with E-state index in [1.165, 1.54) is 11.3 Å². The number of thiazole rings is 1. The highest BCUT2D eigenvalue weighted by atomic mass is 32.1. The van der Waals surface area contributed by atoms with E-state index in [1.807, 2.05) is 31.4 Å². The molecule has 0 radical (unpaired) electrons. The van der Waals surface area contributed by atoms with Crippen LogP contribution in [0.15, 0.2) is 23.6 Å². The molecule has 1 aromatic carbocycles. The van der Waals surface area contributed by atoms with Crippen LogP contribution in [0.25, 0.3) is 0 Å². The van der Waals surface area contributed by atoms with E-state index >= 15 is 0 Å². The van der Waals surface area contributed by atoms with E-state index in [9.17, 15) is 9.59 Å². The number of aryl methyl sites for hydroxylation is 3. The lowest BCUT2D eigenvalue weighted by Crippen LogP contribution is -2.52. The SMILES string of the molecule is Cc1cc(C)cc(N2CCN(C(=O)CCc3csc(N)n3)CC2=O)c1. The minimum Gasteiger partial charge on any atom is -0.375 e. The van der Waals surface area contributed by atoms with Crippen LogP contribution in [0.1, 0.15) is 23.2 Å². The average molecular weight is 358 g/mol. The molecule has 1 aliphatic heterocycles. The molecule has 0 spiro atoms. The summed E-state index contributed by atoms with van der Waals surface area (Å²) in [5.41, 5.74) is 9.60. The number of carbonyl (C=O) groups excluding carboxylic acids is 2. The second-order valence-corrected chi connectivity index (χ2v) is 7.27. The van der Waals surface area contributed by atoms with Crippen molar-refractivity contribution in [1.82, 2.24) is 9.88 Å². The van der Waals surface area contributed by atoms with Crippen LogP contribution < -0.4 is 10.6 Å². The first-order chi connectivity index (χ1) is 11.9. The van der Waals surface area contributed by atoms with Gasteiger partial charge in [-0.05, 0) is 43.5 Å². The fourth-order valence-corrected chi connectivity index (χ4v) is 3.69. The van der Waals surface area contributed by atoms with Gasteiger partial charge in [0.05, 0.1) is 5.69 Å². The van der Waals surface area contributed by atoms with Crippen molar-refractivity contribution < 1.29 is 9.59 Å². The number of piperazine rings is 1. The number of amides is 2. The first-order valence-electron chi connectivity index (χ1n) is 8.28. The molecule has 2 N–H and O–H groups in total. The number of hydrogen-bond acceptors (Lipinski definition) is 5. The lowest BCUT2D eigenvalue weighted by Gasteiger charge is -2.34. The molecule has 2 amide bonds. The van der Waals surface area contributed by atoms with Crippen LogP contribution in [0.5, 0.6) is 0 Å². The Labute approximate surface area is 151 Å². The molecule has 25 heavy (non-hydrogen) atoms. The summed E-state index contributed by atoms with van der Waals surface area (Å²) in [5, 5.41) is 2.38. The normalized spacial score (nSPS) is 14.9. The Morgan fingerprint density at radius 1 is 1.24 bits per heavy atom. The van der Waals surface area contributed by atoms with Crippen LogP contribution in [-0.2, 0) is 16.0 Å². The molecule has 0 saturated carbocycles. The highest BCUT2D eigenvalue weighted by Gasteiger charge is 2.28. The molecule has 7 heteroatoms. The smallest absolute Gasteiger partial charge is 0.246 e. The Balaban J connectivity index is 1.59. The number of nitrogens with zero attached hydrogens (tertiary/aromatic N) is 3. The van der Waals surface area contributed by atoms with Crippen LogP contribution in [0.3, 0.4) is 0 Å². The molecular weight excluding hydrogens is 336 g/mol. The van der Waals surface area contributed by atoms with Crippen LogP contribution in [0, 0.1) is 13.8 Å². The van der Waals surface area contributed by atoms with Crippen molar-refractivity contribution in [3.05, 3.63) is 40.4 Å². The summed E-state index contributed by atoms with van der Waals surface area (Å²) in [6, 6.07) is 6.10. The minimum atomic E-state index is -0.0393. The van der Waals surface area contributed by atoms with E-state index in [2.05, 4.69) is 11.1 Å².